The summed E-state index contributed by atoms with van der Waals surface area (Å²) >= 11 is 0. The summed E-state index contributed by atoms with van der Waals surface area (Å²) in [5.41, 5.74) is 0.652. The van der Waals surface area contributed by atoms with Crippen molar-refractivity contribution in [1.82, 2.24) is 19.9 Å². The van der Waals surface area contributed by atoms with Crippen LogP contribution in [0.3, 0.4) is 0 Å². The van der Waals surface area contributed by atoms with Gasteiger partial charge in [-0.05, 0) is 6.07 Å². The summed E-state index contributed by atoms with van der Waals surface area (Å²) < 4.78 is 0. The van der Waals surface area contributed by atoms with Gasteiger partial charge in [0.25, 0.3) is 0 Å². The van der Waals surface area contributed by atoms with Crippen LogP contribution in [0.1, 0.15) is 5.56 Å². The van der Waals surface area contributed by atoms with Crippen molar-refractivity contribution in [2.45, 2.75) is 6.04 Å². The Hall–Kier alpha value is -2.72. The zero-order chi connectivity index (χ0) is 15.4. The van der Waals surface area contributed by atoms with Crippen molar-refractivity contribution >= 4 is 11.9 Å². The van der Waals surface area contributed by atoms with Crippen LogP contribution in [-0.2, 0) is 0 Å². The van der Waals surface area contributed by atoms with Gasteiger partial charge < -0.3 is 14.9 Å². The van der Waals surface area contributed by atoms with Crippen molar-refractivity contribution in [3.05, 3.63) is 36.4 Å². The molecule has 112 valence electrons. The number of hydrogen-bond donors (Lipinski definition) is 1. The Morgan fingerprint density at radius 2 is 1.86 bits per heavy atom. The highest BCUT2D eigenvalue weighted by atomic mass is 16.3. The van der Waals surface area contributed by atoms with Crippen LogP contribution in [0.5, 0.6) is 0 Å². The van der Waals surface area contributed by atoms with Gasteiger partial charge in [-0.25, -0.2) is 19.9 Å². The van der Waals surface area contributed by atoms with Crippen molar-refractivity contribution < 1.29 is 5.11 Å². The predicted octanol–water partition coefficient (Wildman–Crippen LogP) is -0.0646. The van der Waals surface area contributed by atoms with E-state index in [4.69, 9.17) is 6.42 Å². The van der Waals surface area contributed by atoms with Gasteiger partial charge in [-0.15, -0.1) is 6.42 Å². The van der Waals surface area contributed by atoms with Crippen molar-refractivity contribution in [3.63, 3.8) is 0 Å². The molecule has 0 aliphatic carbocycles. The van der Waals surface area contributed by atoms with E-state index in [1.165, 1.54) is 0 Å². The number of nitrogens with zero attached hydrogens (tertiary/aromatic N) is 6. The smallest absolute Gasteiger partial charge is 0.225 e. The van der Waals surface area contributed by atoms with Crippen LogP contribution in [0.2, 0.25) is 0 Å². The molecule has 1 N–H and O–H groups in total. The molecule has 1 aliphatic heterocycles. The third kappa shape index (κ3) is 2.82. The number of aromatic nitrogens is 4. The first-order chi connectivity index (χ1) is 10.8. The molecule has 0 unspecified atom stereocenters. The maximum atomic E-state index is 9.68. The minimum Gasteiger partial charge on any atom is -0.394 e. The molecule has 0 amide bonds. The quantitative estimate of drug-likeness (QED) is 0.795. The maximum Gasteiger partial charge on any atom is 0.225 e. The van der Waals surface area contributed by atoms with E-state index in [0.717, 1.165) is 6.54 Å². The molecule has 3 heterocycles. The van der Waals surface area contributed by atoms with E-state index in [1.807, 2.05) is 9.80 Å². The van der Waals surface area contributed by atoms with Gasteiger partial charge in [-0.2, -0.15) is 0 Å². The Morgan fingerprint density at radius 1 is 1.14 bits per heavy atom. The highest BCUT2D eigenvalue weighted by Gasteiger charge is 2.29. The number of terminal acetylenes is 1. The molecule has 22 heavy (non-hydrogen) atoms. The number of piperazine rings is 1. The van der Waals surface area contributed by atoms with Gasteiger partial charge >= 0.3 is 0 Å². The standard InChI is InChI=1S/C15H16N6O/c1-2-12-8-18-14(19-9-12)20-6-7-21(13(10-20)11-22)15-16-4-3-5-17-15/h1,3-5,8-9,13,22H,6-7,10-11H2/t13-/m1/s1. The van der Waals surface area contributed by atoms with Crippen molar-refractivity contribution in [3.8, 4) is 12.3 Å². The van der Waals surface area contributed by atoms with Crippen LogP contribution < -0.4 is 9.80 Å². The average molecular weight is 296 g/mol. The third-order valence-corrected chi connectivity index (χ3v) is 3.59. The molecular weight excluding hydrogens is 280 g/mol. The lowest BCUT2D eigenvalue weighted by atomic mass is 10.2. The summed E-state index contributed by atoms with van der Waals surface area (Å²) in [7, 11) is 0. The van der Waals surface area contributed by atoms with Crippen LogP contribution in [0.4, 0.5) is 11.9 Å². The minimum absolute atomic E-state index is 0.0111. The fraction of sp³-hybridized carbons (Fsp3) is 0.333. The van der Waals surface area contributed by atoms with Crippen molar-refractivity contribution in [1.29, 1.82) is 0 Å². The fourth-order valence-corrected chi connectivity index (χ4v) is 2.46. The molecule has 1 atom stereocenters. The Labute approximate surface area is 128 Å². The Kier molecular flexibility index (Phi) is 4.12. The molecule has 1 fully saturated rings. The highest BCUT2D eigenvalue weighted by molar-refractivity contribution is 5.40. The van der Waals surface area contributed by atoms with E-state index in [-0.39, 0.29) is 12.6 Å². The molecule has 7 nitrogen and oxygen atoms in total. The zero-order valence-electron chi connectivity index (χ0n) is 12.0. The molecule has 0 saturated carbocycles. The minimum atomic E-state index is -0.105. The van der Waals surface area contributed by atoms with Crippen LogP contribution in [0.25, 0.3) is 0 Å². The van der Waals surface area contributed by atoms with Gasteiger partial charge in [0.05, 0.1) is 18.2 Å². The van der Waals surface area contributed by atoms with Gasteiger partial charge in [-0.3, -0.25) is 0 Å². The fourth-order valence-electron chi connectivity index (χ4n) is 2.46. The second-order valence-electron chi connectivity index (χ2n) is 4.94. The molecule has 7 heteroatoms. The zero-order valence-corrected chi connectivity index (χ0v) is 12.0. The number of anilines is 2. The van der Waals surface area contributed by atoms with Crippen LogP contribution in [0, 0.1) is 12.3 Å². The number of hydrogen-bond acceptors (Lipinski definition) is 7. The lowest BCUT2D eigenvalue weighted by Gasteiger charge is -2.40. The molecule has 1 aliphatic rings. The number of rotatable bonds is 3. The molecule has 0 spiro atoms. The van der Waals surface area contributed by atoms with Gasteiger partial charge in [0.2, 0.25) is 11.9 Å². The topological polar surface area (TPSA) is 78.3 Å². The summed E-state index contributed by atoms with van der Waals surface area (Å²) in [6.45, 7) is 2.03. The van der Waals surface area contributed by atoms with E-state index in [2.05, 4.69) is 25.9 Å². The lowest BCUT2D eigenvalue weighted by molar-refractivity contribution is 0.251. The van der Waals surface area contributed by atoms with Crippen molar-refractivity contribution in [2.24, 2.45) is 0 Å². The molecule has 0 aromatic carbocycles. The van der Waals surface area contributed by atoms with Gasteiger partial charge in [0.15, 0.2) is 0 Å². The van der Waals surface area contributed by atoms with Gasteiger partial charge in [0.1, 0.15) is 0 Å². The molecule has 3 rings (SSSR count). The summed E-state index contributed by atoms with van der Waals surface area (Å²) in [5, 5.41) is 9.68. The Morgan fingerprint density at radius 3 is 2.50 bits per heavy atom. The first-order valence-corrected chi connectivity index (χ1v) is 7.00. The Bertz CT molecular complexity index is 654. The summed E-state index contributed by atoms with van der Waals surface area (Å²) in [6.07, 6.45) is 12.0. The predicted molar refractivity (Wildman–Crippen MR) is 82.4 cm³/mol. The summed E-state index contributed by atoms with van der Waals surface area (Å²) in [4.78, 5) is 21.1. The molecule has 2 aromatic rings. The molecule has 0 radical (unpaired) electrons. The lowest BCUT2D eigenvalue weighted by Crippen LogP contribution is -2.56. The van der Waals surface area contributed by atoms with E-state index in [0.29, 0.717) is 30.5 Å². The molecule has 0 bridgehead atoms. The van der Waals surface area contributed by atoms with E-state index in [1.54, 1.807) is 30.9 Å². The van der Waals surface area contributed by atoms with E-state index < -0.39 is 0 Å². The van der Waals surface area contributed by atoms with Crippen LogP contribution in [0.15, 0.2) is 30.9 Å². The van der Waals surface area contributed by atoms with Crippen molar-refractivity contribution in [2.75, 3.05) is 36.0 Å². The summed E-state index contributed by atoms with van der Waals surface area (Å²) in [5.74, 6) is 3.74. The third-order valence-electron chi connectivity index (χ3n) is 3.59. The van der Waals surface area contributed by atoms with Crippen LogP contribution in [-0.4, -0.2) is 57.3 Å². The number of aliphatic hydroxyl groups is 1. The molecule has 2 aromatic heterocycles. The number of aliphatic hydroxyl groups excluding tert-OH is 1. The SMILES string of the molecule is C#Cc1cnc(N2CCN(c3ncccn3)[C@@H](CO)C2)nc1. The first-order valence-electron chi connectivity index (χ1n) is 7.00. The first kappa shape index (κ1) is 14.2. The average Bonchev–Trinajstić information content (AvgIpc) is 2.62. The summed E-state index contributed by atoms with van der Waals surface area (Å²) in [6, 6.07) is 1.67. The molecule has 1 saturated heterocycles. The largest absolute Gasteiger partial charge is 0.394 e. The second kappa shape index (κ2) is 6.37. The second-order valence-corrected chi connectivity index (χ2v) is 4.94. The maximum absolute atomic E-state index is 9.68. The van der Waals surface area contributed by atoms with Gasteiger partial charge in [0, 0.05) is 44.4 Å². The monoisotopic (exact) mass is 296 g/mol. The molecular formula is C15H16N6O. The highest BCUT2D eigenvalue weighted by Crippen LogP contribution is 2.18. The van der Waals surface area contributed by atoms with E-state index in [9.17, 15) is 5.11 Å². The Balaban J connectivity index is 1.75. The van der Waals surface area contributed by atoms with Gasteiger partial charge in [-0.1, -0.05) is 5.92 Å². The van der Waals surface area contributed by atoms with Crippen LogP contribution >= 0.6 is 0 Å². The van der Waals surface area contributed by atoms with E-state index >= 15 is 0 Å². The normalized spacial score (nSPS) is 18.1.